The van der Waals surface area contributed by atoms with Crippen LogP contribution in [-0.2, 0) is 6.42 Å². The fraction of sp³-hybridized carbons (Fsp3) is 0.417. The molecule has 0 saturated carbocycles. The molecular weight excluding hydrogens is 282 g/mol. The number of nitrogens with zero attached hydrogens (tertiary/aromatic N) is 2. The van der Waals surface area contributed by atoms with Crippen LogP contribution in [0.5, 0.6) is 5.75 Å². The van der Waals surface area contributed by atoms with Gasteiger partial charge in [-0.15, -0.1) is 0 Å². The quantitative estimate of drug-likeness (QED) is 0.890. The average molecular weight is 296 g/mol. The summed E-state index contributed by atoms with van der Waals surface area (Å²) >= 11 is 3.44. The van der Waals surface area contributed by atoms with Gasteiger partial charge in [-0.1, -0.05) is 0 Å². The molecule has 0 bridgehead atoms. The van der Waals surface area contributed by atoms with Crippen molar-refractivity contribution in [2.45, 2.75) is 12.8 Å². The molecule has 3 rings (SSSR count). The van der Waals surface area contributed by atoms with Crippen LogP contribution in [0.15, 0.2) is 22.9 Å². The molecule has 90 valence electrons. The second-order valence-corrected chi connectivity index (χ2v) is 5.27. The minimum Gasteiger partial charge on any atom is -0.508 e. The minimum absolute atomic E-state index is 0.271. The van der Waals surface area contributed by atoms with Crippen LogP contribution in [0.3, 0.4) is 0 Å². The molecule has 17 heavy (non-hydrogen) atoms. The zero-order chi connectivity index (χ0) is 11.8. The third-order valence-corrected chi connectivity index (χ3v) is 3.87. The smallest absolute Gasteiger partial charge is 0.132 e. The lowest BCUT2D eigenvalue weighted by Crippen LogP contribution is -2.12. The van der Waals surface area contributed by atoms with Gasteiger partial charge in [0, 0.05) is 18.7 Å². The lowest BCUT2D eigenvalue weighted by Gasteiger charge is -2.06. The molecule has 0 aromatic carbocycles. The van der Waals surface area contributed by atoms with Crippen LogP contribution in [0.4, 0.5) is 0 Å². The van der Waals surface area contributed by atoms with E-state index in [1.807, 2.05) is 10.6 Å². The molecule has 2 aromatic rings. The van der Waals surface area contributed by atoms with Gasteiger partial charge in [0.05, 0.1) is 5.52 Å². The molecule has 4 nitrogen and oxygen atoms in total. The average Bonchev–Trinajstić information content (AvgIpc) is 2.89. The monoisotopic (exact) mass is 295 g/mol. The third-order valence-electron chi connectivity index (χ3n) is 3.29. The number of fused-ring (bicyclic) bond motifs is 1. The Kier molecular flexibility index (Phi) is 2.80. The molecule has 0 radical (unpaired) electrons. The Morgan fingerprint density at radius 3 is 3.24 bits per heavy atom. The maximum absolute atomic E-state index is 9.48. The van der Waals surface area contributed by atoms with Crippen molar-refractivity contribution in [3.63, 3.8) is 0 Å². The van der Waals surface area contributed by atoms with E-state index < -0.39 is 0 Å². The van der Waals surface area contributed by atoms with E-state index in [1.165, 1.54) is 6.42 Å². The van der Waals surface area contributed by atoms with Gasteiger partial charge in [-0.25, -0.2) is 4.98 Å². The summed E-state index contributed by atoms with van der Waals surface area (Å²) in [5.41, 5.74) is 0.922. The summed E-state index contributed by atoms with van der Waals surface area (Å²) in [5, 5.41) is 12.8. The number of halogens is 1. The number of pyridine rings is 1. The first-order valence-corrected chi connectivity index (χ1v) is 6.59. The van der Waals surface area contributed by atoms with Crippen molar-refractivity contribution in [2.24, 2.45) is 5.92 Å². The summed E-state index contributed by atoms with van der Waals surface area (Å²) in [6.45, 7) is 2.18. The van der Waals surface area contributed by atoms with Crippen molar-refractivity contribution >= 4 is 21.4 Å². The van der Waals surface area contributed by atoms with E-state index in [0.717, 1.165) is 35.5 Å². The lowest BCUT2D eigenvalue weighted by atomic mass is 10.1. The number of imidazole rings is 1. The maximum Gasteiger partial charge on any atom is 0.132 e. The van der Waals surface area contributed by atoms with Crippen LogP contribution < -0.4 is 5.32 Å². The Morgan fingerprint density at radius 1 is 1.59 bits per heavy atom. The van der Waals surface area contributed by atoms with E-state index in [9.17, 15) is 5.11 Å². The predicted molar refractivity (Wildman–Crippen MR) is 69.2 cm³/mol. The molecule has 1 aliphatic rings. The minimum atomic E-state index is 0.271. The Hall–Kier alpha value is -1.07. The summed E-state index contributed by atoms with van der Waals surface area (Å²) in [6.07, 6.45) is 4.06. The van der Waals surface area contributed by atoms with Crippen LogP contribution in [0, 0.1) is 5.92 Å². The van der Waals surface area contributed by atoms with Gasteiger partial charge >= 0.3 is 0 Å². The van der Waals surface area contributed by atoms with Crippen molar-refractivity contribution < 1.29 is 5.11 Å². The molecule has 3 heterocycles. The highest BCUT2D eigenvalue weighted by atomic mass is 79.9. The molecule has 0 spiro atoms. The highest BCUT2D eigenvalue weighted by Crippen LogP contribution is 2.24. The van der Waals surface area contributed by atoms with Crippen LogP contribution in [-0.4, -0.2) is 27.6 Å². The molecule has 2 N–H and O–H groups in total. The van der Waals surface area contributed by atoms with Gasteiger partial charge < -0.3 is 14.8 Å². The molecule has 1 unspecified atom stereocenters. The topological polar surface area (TPSA) is 49.6 Å². The van der Waals surface area contributed by atoms with Gasteiger partial charge in [-0.05, 0) is 47.4 Å². The highest BCUT2D eigenvalue weighted by molar-refractivity contribution is 9.10. The molecule has 1 saturated heterocycles. The number of nitrogens with one attached hydrogen (secondary N) is 1. The summed E-state index contributed by atoms with van der Waals surface area (Å²) in [7, 11) is 0. The van der Waals surface area contributed by atoms with Gasteiger partial charge in [0.2, 0.25) is 0 Å². The van der Waals surface area contributed by atoms with Crippen molar-refractivity contribution in [3.8, 4) is 5.75 Å². The molecule has 1 aliphatic heterocycles. The van der Waals surface area contributed by atoms with Gasteiger partial charge in [-0.3, -0.25) is 0 Å². The SMILES string of the molecule is Oc1ccn2c(CC3CCNC3)nc(Br)c2c1. The first-order valence-electron chi connectivity index (χ1n) is 5.80. The van der Waals surface area contributed by atoms with Crippen molar-refractivity contribution in [2.75, 3.05) is 13.1 Å². The molecule has 0 aliphatic carbocycles. The predicted octanol–water partition coefficient (Wildman–Crippen LogP) is 1.95. The molecule has 0 amide bonds. The first kappa shape index (κ1) is 11.0. The van der Waals surface area contributed by atoms with E-state index in [2.05, 4.69) is 26.2 Å². The Bertz CT molecular complexity index is 546. The van der Waals surface area contributed by atoms with Gasteiger partial charge in [0.25, 0.3) is 0 Å². The fourth-order valence-electron chi connectivity index (χ4n) is 2.39. The number of aromatic nitrogens is 2. The number of hydrogen-bond donors (Lipinski definition) is 2. The van der Waals surface area contributed by atoms with Gasteiger partial charge in [0.15, 0.2) is 0 Å². The Morgan fingerprint density at radius 2 is 2.47 bits per heavy atom. The van der Waals surface area contributed by atoms with Crippen molar-refractivity contribution in [3.05, 3.63) is 28.8 Å². The maximum atomic E-state index is 9.48. The Labute approximate surface area is 108 Å². The standard InChI is InChI=1S/C12H14BrN3O/c13-12-10-6-9(17)2-4-16(10)11(15-12)5-8-1-3-14-7-8/h2,4,6,8,14,17H,1,3,5,7H2. The van der Waals surface area contributed by atoms with Gasteiger partial charge in [-0.2, -0.15) is 0 Å². The summed E-state index contributed by atoms with van der Waals surface area (Å²) in [4.78, 5) is 4.54. The fourth-order valence-corrected chi connectivity index (χ4v) is 2.90. The Balaban J connectivity index is 1.98. The third kappa shape index (κ3) is 2.05. The zero-order valence-electron chi connectivity index (χ0n) is 9.36. The molecule has 5 heteroatoms. The second-order valence-electron chi connectivity index (χ2n) is 4.52. The first-order chi connectivity index (χ1) is 8.24. The summed E-state index contributed by atoms with van der Waals surface area (Å²) in [6, 6.07) is 3.42. The number of rotatable bonds is 2. The van der Waals surface area contributed by atoms with E-state index in [4.69, 9.17) is 0 Å². The molecule has 1 atom stereocenters. The highest BCUT2D eigenvalue weighted by Gasteiger charge is 2.18. The van der Waals surface area contributed by atoms with Crippen LogP contribution in [0.1, 0.15) is 12.2 Å². The summed E-state index contributed by atoms with van der Waals surface area (Å²) < 4.78 is 2.84. The van der Waals surface area contributed by atoms with E-state index in [0.29, 0.717) is 5.92 Å². The molecular formula is C12H14BrN3O. The zero-order valence-corrected chi connectivity index (χ0v) is 10.9. The van der Waals surface area contributed by atoms with E-state index in [1.54, 1.807) is 12.1 Å². The second kappa shape index (κ2) is 4.31. The van der Waals surface area contributed by atoms with E-state index in [-0.39, 0.29) is 5.75 Å². The van der Waals surface area contributed by atoms with Crippen molar-refractivity contribution in [1.29, 1.82) is 0 Å². The number of aromatic hydroxyl groups is 1. The number of hydrogen-bond acceptors (Lipinski definition) is 3. The van der Waals surface area contributed by atoms with Crippen molar-refractivity contribution in [1.82, 2.24) is 14.7 Å². The van der Waals surface area contributed by atoms with Crippen LogP contribution in [0.25, 0.3) is 5.52 Å². The molecule has 1 fully saturated rings. The summed E-state index contributed by atoms with van der Waals surface area (Å²) in [5.74, 6) is 1.99. The normalized spacial score (nSPS) is 20.2. The lowest BCUT2D eigenvalue weighted by molar-refractivity contribution is 0.475. The largest absolute Gasteiger partial charge is 0.508 e. The molecule has 2 aromatic heterocycles. The van der Waals surface area contributed by atoms with Gasteiger partial charge in [0.1, 0.15) is 16.2 Å². The van der Waals surface area contributed by atoms with Crippen LogP contribution >= 0.6 is 15.9 Å². The van der Waals surface area contributed by atoms with E-state index >= 15 is 0 Å². The van der Waals surface area contributed by atoms with Crippen LogP contribution in [0.2, 0.25) is 0 Å².